The van der Waals surface area contributed by atoms with Crippen molar-refractivity contribution in [2.45, 2.75) is 34.6 Å². The van der Waals surface area contributed by atoms with Crippen molar-refractivity contribution in [2.75, 3.05) is 0 Å². The SMILES string of the molecule is CC.CC.Cc1csc(-c2ccccc2)n1. The van der Waals surface area contributed by atoms with Crippen LogP contribution < -0.4 is 0 Å². The minimum Gasteiger partial charge on any atom is -0.241 e. The number of hydrogen-bond acceptors (Lipinski definition) is 2. The van der Waals surface area contributed by atoms with E-state index in [0.717, 1.165) is 10.7 Å². The van der Waals surface area contributed by atoms with E-state index in [0.29, 0.717) is 0 Å². The van der Waals surface area contributed by atoms with E-state index in [9.17, 15) is 0 Å². The number of hydrogen-bond donors (Lipinski definition) is 0. The van der Waals surface area contributed by atoms with E-state index >= 15 is 0 Å². The summed E-state index contributed by atoms with van der Waals surface area (Å²) in [5.74, 6) is 0. The molecule has 0 saturated heterocycles. The fourth-order valence-corrected chi connectivity index (χ4v) is 1.87. The number of benzene rings is 1. The average molecular weight is 235 g/mol. The molecule has 0 spiro atoms. The molecular weight excluding hydrogens is 214 g/mol. The summed E-state index contributed by atoms with van der Waals surface area (Å²) in [6.07, 6.45) is 0. The fourth-order valence-electron chi connectivity index (χ4n) is 1.07. The summed E-state index contributed by atoms with van der Waals surface area (Å²) in [6.45, 7) is 10.0. The molecule has 0 aliphatic heterocycles. The molecule has 16 heavy (non-hydrogen) atoms. The molecule has 0 aliphatic carbocycles. The highest BCUT2D eigenvalue weighted by Crippen LogP contribution is 2.22. The Labute approximate surface area is 103 Å². The third-order valence-corrected chi connectivity index (χ3v) is 2.65. The van der Waals surface area contributed by atoms with Crippen LogP contribution >= 0.6 is 11.3 Å². The zero-order chi connectivity index (χ0) is 12.4. The molecule has 2 aromatic rings. The van der Waals surface area contributed by atoms with Gasteiger partial charge in [0, 0.05) is 16.6 Å². The molecule has 1 heterocycles. The Morgan fingerprint density at radius 1 is 0.938 bits per heavy atom. The molecule has 0 bridgehead atoms. The van der Waals surface area contributed by atoms with Crippen molar-refractivity contribution in [3.8, 4) is 10.6 Å². The van der Waals surface area contributed by atoms with Crippen LogP contribution in [-0.4, -0.2) is 4.98 Å². The predicted octanol–water partition coefficient (Wildman–Crippen LogP) is 5.17. The van der Waals surface area contributed by atoms with Crippen LogP contribution in [0.25, 0.3) is 10.6 Å². The van der Waals surface area contributed by atoms with Crippen LogP contribution in [0.4, 0.5) is 0 Å². The van der Waals surface area contributed by atoms with Gasteiger partial charge in [-0.1, -0.05) is 58.0 Å². The normalized spacial score (nSPS) is 8.31. The minimum absolute atomic E-state index is 1.10. The molecule has 2 heteroatoms. The lowest BCUT2D eigenvalue weighted by molar-refractivity contribution is 1.27. The number of aromatic nitrogens is 1. The molecule has 0 radical (unpaired) electrons. The van der Waals surface area contributed by atoms with E-state index < -0.39 is 0 Å². The molecule has 0 N–H and O–H groups in total. The van der Waals surface area contributed by atoms with E-state index in [1.165, 1.54) is 5.56 Å². The lowest BCUT2D eigenvalue weighted by atomic mass is 10.2. The van der Waals surface area contributed by atoms with Gasteiger partial charge in [-0.25, -0.2) is 4.98 Å². The van der Waals surface area contributed by atoms with Crippen LogP contribution in [0.1, 0.15) is 33.4 Å². The van der Waals surface area contributed by atoms with Gasteiger partial charge in [-0.3, -0.25) is 0 Å². The van der Waals surface area contributed by atoms with Crippen LogP contribution in [0.5, 0.6) is 0 Å². The number of aryl methyl sites for hydroxylation is 1. The molecule has 1 aromatic heterocycles. The van der Waals surface area contributed by atoms with Crippen LogP contribution in [-0.2, 0) is 0 Å². The van der Waals surface area contributed by atoms with Crippen molar-refractivity contribution in [1.29, 1.82) is 0 Å². The lowest BCUT2D eigenvalue weighted by Crippen LogP contribution is -1.74. The van der Waals surface area contributed by atoms with Crippen LogP contribution in [0.3, 0.4) is 0 Å². The second kappa shape index (κ2) is 9.10. The van der Waals surface area contributed by atoms with E-state index in [-0.39, 0.29) is 0 Å². The molecule has 0 amide bonds. The van der Waals surface area contributed by atoms with Crippen molar-refractivity contribution >= 4 is 11.3 Å². The van der Waals surface area contributed by atoms with Gasteiger partial charge in [-0.05, 0) is 6.92 Å². The maximum atomic E-state index is 4.40. The van der Waals surface area contributed by atoms with E-state index in [1.807, 2.05) is 52.8 Å². The van der Waals surface area contributed by atoms with Gasteiger partial charge >= 0.3 is 0 Å². The Bertz CT molecular complexity index is 365. The Morgan fingerprint density at radius 3 is 1.94 bits per heavy atom. The summed E-state index contributed by atoms with van der Waals surface area (Å²) < 4.78 is 0. The predicted molar refractivity (Wildman–Crippen MR) is 75.0 cm³/mol. The van der Waals surface area contributed by atoms with Gasteiger partial charge in [0.25, 0.3) is 0 Å². The Kier molecular flexibility index (Phi) is 8.45. The van der Waals surface area contributed by atoms with E-state index in [4.69, 9.17) is 0 Å². The molecule has 0 atom stereocenters. The summed E-state index contributed by atoms with van der Waals surface area (Å²) >= 11 is 1.69. The summed E-state index contributed by atoms with van der Waals surface area (Å²) in [6, 6.07) is 10.2. The highest BCUT2D eigenvalue weighted by Gasteiger charge is 1.99. The van der Waals surface area contributed by atoms with Gasteiger partial charge in [0.15, 0.2) is 0 Å². The molecule has 2 rings (SSSR count). The van der Waals surface area contributed by atoms with Gasteiger partial charge < -0.3 is 0 Å². The van der Waals surface area contributed by atoms with Gasteiger partial charge in [0.05, 0.1) is 0 Å². The zero-order valence-electron chi connectivity index (χ0n) is 10.8. The summed E-state index contributed by atoms with van der Waals surface area (Å²) in [7, 11) is 0. The second-order valence-corrected chi connectivity index (χ2v) is 3.52. The average Bonchev–Trinajstić information content (AvgIpc) is 2.82. The lowest BCUT2D eigenvalue weighted by Gasteiger charge is -1.92. The van der Waals surface area contributed by atoms with Crippen molar-refractivity contribution in [2.24, 2.45) is 0 Å². The highest BCUT2D eigenvalue weighted by atomic mass is 32.1. The van der Waals surface area contributed by atoms with Gasteiger partial charge in [0.1, 0.15) is 5.01 Å². The smallest absolute Gasteiger partial charge is 0.123 e. The van der Waals surface area contributed by atoms with Crippen LogP contribution in [0.2, 0.25) is 0 Å². The number of rotatable bonds is 1. The third-order valence-electron chi connectivity index (χ3n) is 1.64. The first kappa shape index (κ1) is 14.8. The Balaban J connectivity index is 0.000000509. The second-order valence-electron chi connectivity index (χ2n) is 2.66. The standard InChI is InChI=1S/C10H9NS.2C2H6/c1-8-7-12-10(11-8)9-5-3-2-4-6-9;2*1-2/h2-7H,1H3;2*1-2H3. The van der Waals surface area contributed by atoms with Crippen molar-refractivity contribution < 1.29 is 0 Å². The van der Waals surface area contributed by atoms with E-state index in [1.54, 1.807) is 11.3 Å². The summed E-state index contributed by atoms with van der Waals surface area (Å²) in [5, 5.41) is 3.18. The minimum atomic E-state index is 1.10. The van der Waals surface area contributed by atoms with Crippen molar-refractivity contribution in [3.63, 3.8) is 0 Å². The third kappa shape index (κ3) is 4.58. The molecule has 0 fully saturated rings. The quantitative estimate of drug-likeness (QED) is 0.664. The molecule has 0 saturated carbocycles. The molecular formula is C14H21NS. The fraction of sp³-hybridized carbons (Fsp3) is 0.357. The van der Waals surface area contributed by atoms with Gasteiger partial charge in [-0.2, -0.15) is 0 Å². The first-order valence-electron chi connectivity index (χ1n) is 5.84. The topological polar surface area (TPSA) is 12.9 Å². The summed E-state index contributed by atoms with van der Waals surface area (Å²) in [5.41, 5.74) is 2.30. The molecule has 88 valence electrons. The monoisotopic (exact) mass is 235 g/mol. The van der Waals surface area contributed by atoms with Crippen molar-refractivity contribution in [3.05, 3.63) is 41.4 Å². The maximum Gasteiger partial charge on any atom is 0.123 e. The largest absolute Gasteiger partial charge is 0.241 e. The molecule has 0 unspecified atom stereocenters. The molecule has 0 aliphatic rings. The number of thiazole rings is 1. The maximum absolute atomic E-state index is 4.40. The molecule has 1 nitrogen and oxygen atoms in total. The van der Waals surface area contributed by atoms with Crippen LogP contribution in [0.15, 0.2) is 35.7 Å². The van der Waals surface area contributed by atoms with Gasteiger partial charge in [-0.15, -0.1) is 11.3 Å². The number of nitrogens with zero attached hydrogens (tertiary/aromatic N) is 1. The van der Waals surface area contributed by atoms with Crippen molar-refractivity contribution in [1.82, 2.24) is 4.98 Å². The Hall–Kier alpha value is -1.15. The van der Waals surface area contributed by atoms with Gasteiger partial charge in [0.2, 0.25) is 0 Å². The first-order chi connectivity index (χ1) is 7.86. The highest BCUT2D eigenvalue weighted by molar-refractivity contribution is 7.13. The first-order valence-corrected chi connectivity index (χ1v) is 6.72. The summed E-state index contributed by atoms with van der Waals surface area (Å²) in [4.78, 5) is 4.40. The van der Waals surface area contributed by atoms with E-state index in [2.05, 4.69) is 22.5 Å². The Morgan fingerprint density at radius 2 is 1.50 bits per heavy atom. The molecule has 1 aromatic carbocycles. The van der Waals surface area contributed by atoms with Crippen LogP contribution in [0, 0.1) is 6.92 Å². The zero-order valence-corrected chi connectivity index (χ0v) is 11.6.